The van der Waals surface area contributed by atoms with E-state index in [9.17, 15) is 0 Å². The lowest BCUT2D eigenvalue weighted by Crippen LogP contribution is -2.20. The van der Waals surface area contributed by atoms with Crippen molar-refractivity contribution in [1.82, 2.24) is 0 Å². The fourth-order valence-corrected chi connectivity index (χ4v) is 2.66. The average molecular weight is 287 g/mol. The minimum absolute atomic E-state index is 0.229. The predicted molar refractivity (Wildman–Crippen MR) is 65.2 cm³/mol. The van der Waals surface area contributed by atoms with E-state index in [0.29, 0.717) is 6.61 Å². The molecule has 2 rings (SSSR count). The molecule has 0 amide bonds. The molecule has 1 heterocycles. The van der Waals surface area contributed by atoms with E-state index in [-0.39, 0.29) is 6.10 Å². The summed E-state index contributed by atoms with van der Waals surface area (Å²) in [5.41, 5.74) is 2.29. The van der Waals surface area contributed by atoms with E-state index >= 15 is 0 Å². The Morgan fingerprint density at radius 2 is 2.06 bits per heavy atom. The summed E-state index contributed by atoms with van der Waals surface area (Å²) < 4.78 is 17.3. The lowest BCUT2D eigenvalue weighted by Gasteiger charge is -2.26. The number of methoxy groups -OCH3 is 2. The number of hydrogen-bond donors (Lipinski definition) is 0. The molecular weight excluding hydrogens is 272 g/mol. The quantitative estimate of drug-likeness (QED) is 0.837. The maximum absolute atomic E-state index is 5.64. The minimum atomic E-state index is 0.229. The van der Waals surface area contributed by atoms with E-state index in [0.717, 1.165) is 28.0 Å². The Hall–Kier alpha value is -0.740. The van der Waals surface area contributed by atoms with Gasteiger partial charge in [0.2, 0.25) is 0 Å². The molecule has 4 heteroatoms. The van der Waals surface area contributed by atoms with Gasteiger partial charge in [0.15, 0.2) is 0 Å². The number of hydrogen-bond acceptors (Lipinski definition) is 3. The summed E-state index contributed by atoms with van der Waals surface area (Å²) in [5, 5.41) is 0. The molecule has 0 N–H and O–H groups in total. The highest BCUT2D eigenvalue weighted by Gasteiger charge is 2.24. The van der Waals surface area contributed by atoms with Gasteiger partial charge in [-0.05, 0) is 28.9 Å². The highest BCUT2D eigenvalue weighted by Crippen LogP contribution is 2.40. The Bertz CT molecular complexity index is 404. The highest BCUT2D eigenvalue weighted by atomic mass is 79.9. The number of rotatable bonds is 2. The smallest absolute Gasteiger partial charge is 0.139 e. The van der Waals surface area contributed by atoms with E-state index < -0.39 is 0 Å². The standard InChI is InChI=1S/C12H15BrO3/c1-7-4-8-9(6-16-7)12(15-3)10(13)5-11(8)14-2/h5,7H,4,6H2,1-3H3. The van der Waals surface area contributed by atoms with E-state index in [4.69, 9.17) is 14.2 Å². The largest absolute Gasteiger partial charge is 0.496 e. The second-order valence-electron chi connectivity index (χ2n) is 3.88. The molecule has 0 saturated carbocycles. The van der Waals surface area contributed by atoms with Crippen LogP contribution in [0.2, 0.25) is 0 Å². The first-order valence-corrected chi connectivity index (χ1v) is 6.00. The molecule has 0 spiro atoms. The van der Waals surface area contributed by atoms with Gasteiger partial charge in [-0.1, -0.05) is 0 Å². The molecule has 0 saturated heterocycles. The van der Waals surface area contributed by atoms with Crippen LogP contribution in [-0.4, -0.2) is 20.3 Å². The van der Waals surface area contributed by atoms with Crippen molar-refractivity contribution in [3.05, 3.63) is 21.7 Å². The fraction of sp³-hybridized carbons (Fsp3) is 0.500. The Balaban J connectivity index is 2.57. The topological polar surface area (TPSA) is 27.7 Å². The molecule has 0 radical (unpaired) electrons. The van der Waals surface area contributed by atoms with Crippen molar-refractivity contribution >= 4 is 15.9 Å². The van der Waals surface area contributed by atoms with Crippen LogP contribution in [-0.2, 0) is 17.8 Å². The molecule has 0 aromatic heterocycles. The van der Waals surface area contributed by atoms with Gasteiger partial charge in [0.25, 0.3) is 0 Å². The molecule has 3 nitrogen and oxygen atoms in total. The average Bonchev–Trinajstić information content (AvgIpc) is 2.28. The summed E-state index contributed by atoms with van der Waals surface area (Å²) in [6, 6.07) is 1.95. The third kappa shape index (κ3) is 1.92. The summed E-state index contributed by atoms with van der Waals surface area (Å²) >= 11 is 3.48. The molecule has 1 aromatic rings. The third-order valence-electron chi connectivity index (χ3n) is 2.84. The van der Waals surface area contributed by atoms with Crippen LogP contribution in [0.3, 0.4) is 0 Å². The van der Waals surface area contributed by atoms with Crippen LogP contribution in [0.5, 0.6) is 11.5 Å². The molecule has 16 heavy (non-hydrogen) atoms. The molecule has 1 aromatic carbocycles. The monoisotopic (exact) mass is 286 g/mol. The zero-order chi connectivity index (χ0) is 11.7. The molecule has 1 aliphatic heterocycles. The van der Waals surface area contributed by atoms with Gasteiger partial charge in [-0.15, -0.1) is 0 Å². The number of benzene rings is 1. The van der Waals surface area contributed by atoms with Gasteiger partial charge in [-0.25, -0.2) is 0 Å². The molecule has 88 valence electrons. The molecule has 1 aliphatic rings. The number of fused-ring (bicyclic) bond motifs is 1. The van der Waals surface area contributed by atoms with Gasteiger partial charge in [0.05, 0.1) is 31.4 Å². The highest BCUT2D eigenvalue weighted by molar-refractivity contribution is 9.10. The maximum Gasteiger partial charge on any atom is 0.139 e. The van der Waals surface area contributed by atoms with Crippen molar-refractivity contribution in [2.45, 2.75) is 26.1 Å². The summed E-state index contributed by atoms with van der Waals surface area (Å²) in [5.74, 6) is 1.75. The van der Waals surface area contributed by atoms with Crippen LogP contribution in [0, 0.1) is 0 Å². The number of ether oxygens (including phenoxy) is 3. The van der Waals surface area contributed by atoms with Crippen LogP contribution in [0.25, 0.3) is 0 Å². The van der Waals surface area contributed by atoms with Crippen molar-refractivity contribution in [2.24, 2.45) is 0 Å². The van der Waals surface area contributed by atoms with E-state index in [1.807, 2.05) is 6.07 Å². The van der Waals surface area contributed by atoms with Crippen LogP contribution in [0.1, 0.15) is 18.1 Å². The molecule has 0 aliphatic carbocycles. The zero-order valence-corrected chi connectivity index (χ0v) is 11.3. The van der Waals surface area contributed by atoms with E-state index in [1.165, 1.54) is 5.56 Å². The first-order valence-electron chi connectivity index (χ1n) is 5.21. The van der Waals surface area contributed by atoms with Crippen molar-refractivity contribution in [2.75, 3.05) is 14.2 Å². The van der Waals surface area contributed by atoms with Crippen LogP contribution in [0.4, 0.5) is 0 Å². The fourth-order valence-electron chi connectivity index (χ4n) is 2.05. The van der Waals surface area contributed by atoms with E-state index in [1.54, 1.807) is 14.2 Å². The van der Waals surface area contributed by atoms with Crippen molar-refractivity contribution < 1.29 is 14.2 Å². The zero-order valence-electron chi connectivity index (χ0n) is 9.67. The van der Waals surface area contributed by atoms with Crippen molar-refractivity contribution in [3.8, 4) is 11.5 Å². The molecule has 1 unspecified atom stereocenters. The molecular formula is C12H15BrO3. The van der Waals surface area contributed by atoms with Crippen LogP contribution in [0.15, 0.2) is 10.5 Å². The van der Waals surface area contributed by atoms with E-state index in [2.05, 4.69) is 22.9 Å². The Kier molecular flexibility index (Phi) is 3.40. The summed E-state index contributed by atoms with van der Waals surface area (Å²) in [6.45, 7) is 2.65. The normalized spacial score (nSPS) is 19.1. The lowest BCUT2D eigenvalue weighted by atomic mass is 9.97. The first-order chi connectivity index (χ1) is 7.67. The van der Waals surface area contributed by atoms with Crippen molar-refractivity contribution in [1.29, 1.82) is 0 Å². The summed E-state index contributed by atoms with van der Waals surface area (Å²) in [4.78, 5) is 0. The maximum atomic E-state index is 5.64. The molecule has 0 bridgehead atoms. The predicted octanol–water partition coefficient (Wildman–Crippen LogP) is 2.93. The van der Waals surface area contributed by atoms with Gasteiger partial charge in [0.1, 0.15) is 11.5 Å². The molecule has 0 fully saturated rings. The summed E-state index contributed by atoms with van der Waals surface area (Å²) in [6.07, 6.45) is 1.09. The van der Waals surface area contributed by atoms with Gasteiger partial charge in [0, 0.05) is 17.5 Å². The SMILES string of the molecule is COc1cc(Br)c(OC)c2c1CC(C)OC2. The second kappa shape index (κ2) is 4.63. The van der Waals surface area contributed by atoms with Gasteiger partial charge in [-0.3, -0.25) is 0 Å². The summed E-state index contributed by atoms with van der Waals surface area (Å²) in [7, 11) is 3.36. The third-order valence-corrected chi connectivity index (χ3v) is 3.43. The first kappa shape index (κ1) is 11.7. The Labute approximate surface area is 104 Å². The Morgan fingerprint density at radius 3 is 2.69 bits per heavy atom. The van der Waals surface area contributed by atoms with Crippen LogP contribution < -0.4 is 9.47 Å². The second-order valence-corrected chi connectivity index (χ2v) is 4.73. The van der Waals surface area contributed by atoms with Gasteiger partial charge >= 0.3 is 0 Å². The number of halogens is 1. The van der Waals surface area contributed by atoms with Gasteiger partial charge < -0.3 is 14.2 Å². The minimum Gasteiger partial charge on any atom is -0.496 e. The van der Waals surface area contributed by atoms with Gasteiger partial charge in [-0.2, -0.15) is 0 Å². The molecule has 1 atom stereocenters. The van der Waals surface area contributed by atoms with Crippen LogP contribution >= 0.6 is 15.9 Å². The van der Waals surface area contributed by atoms with Crippen molar-refractivity contribution in [3.63, 3.8) is 0 Å². The Morgan fingerprint density at radius 1 is 1.31 bits per heavy atom. The lowest BCUT2D eigenvalue weighted by molar-refractivity contribution is 0.0387.